The van der Waals surface area contributed by atoms with Gasteiger partial charge in [-0.3, -0.25) is 0 Å². The Labute approximate surface area is 111 Å². The van der Waals surface area contributed by atoms with Crippen LogP contribution >= 0.6 is 15.9 Å². The molecule has 0 aromatic heterocycles. The van der Waals surface area contributed by atoms with Gasteiger partial charge in [-0.25, -0.2) is 0 Å². The van der Waals surface area contributed by atoms with Crippen molar-refractivity contribution >= 4 is 21.6 Å². The normalized spacial score (nSPS) is 12.9. The minimum Gasteiger partial charge on any atom is -0.379 e. The lowest BCUT2D eigenvalue weighted by atomic mass is 9.99. The summed E-state index contributed by atoms with van der Waals surface area (Å²) in [5.74, 6) is 0. The first-order valence-electron chi connectivity index (χ1n) is 5.44. The Bertz CT molecular complexity index is 395. The van der Waals surface area contributed by atoms with Crippen LogP contribution in [0.3, 0.4) is 0 Å². The van der Waals surface area contributed by atoms with Gasteiger partial charge in [0.2, 0.25) is 0 Å². The van der Waals surface area contributed by atoms with Crippen LogP contribution in [-0.4, -0.2) is 18.8 Å². The maximum Gasteiger partial charge on any atom is 0.117 e. The van der Waals surface area contributed by atoms with Gasteiger partial charge in [0.25, 0.3) is 0 Å². The van der Waals surface area contributed by atoms with Crippen LogP contribution in [0.2, 0.25) is 0 Å². The van der Waals surface area contributed by atoms with Crippen LogP contribution in [0.5, 0.6) is 0 Å². The summed E-state index contributed by atoms with van der Waals surface area (Å²) in [5, 5.41) is 12.3. The minimum atomic E-state index is -0.303. The van der Waals surface area contributed by atoms with E-state index in [9.17, 15) is 0 Å². The van der Waals surface area contributed by atoms with Gasteiger partial charge >= 0.3 is 0 Å². The van der Waals surface area contributed by atoms with Crippen molar-refractivity contribution < 1.29 is 4.74 Å². The third kappa shape index (κ3) is 4.76. The molecule has 0 spiro atoms. The molecule has 1 rings (SSSR count). The number of hydrogen-bond acceptors (Lipinski definition) is 3. The zero-order chi connectivity index (χ0) is 12.9. The van der Waals surface area contributed by atoms with Gasteiger partial charge in [0.05, 0.1) is 11.7 Å². The average molecular weight is 297 g/mol. The number of hydrogen-bond donors (Lipinski definition) is 1. The van der Waals surface area contributed by atoms with E-state index in [-0.39, 0.29) is 11.6 Å². The molecule has 1 unspecified atom stereocenters. The Hall–Kier alpha value is -1.05. The number of anilines is 1. The van der Waals surface area contributed by atoms with Crippen LogP contribution in [0.25, 0.3) is 0 Å². The SMILES string of the molecule is COC(C)(C)CC(C#N)Nc1ccc(Br)cc1. The van der Waals surface area contributed by atoms with Gasteiger partial charge in [-0.15, -0.1) is 0 Å². The fourth-order valence-corrected chi connectivity index (χ4v) is 1.72. The highest BCUT2D eigenvalue weighted by Gasteiger charge is 2.22. The second kappa shape index (κ2) is 6.04. The molecule has 17 heavy (non-hydrogen) atoms. The van der Waals surface area contributed by atoms with E-state index < -0.39 is 0 Å². The molecular formula is C13H17BrN2O. The Balaban J connectivity index is 2.65. The topological polar surface area (TPSA) is 45.0 Å². The van der Waals surface area contributed by atoms with Gasteiger partial charge in [0.15, 0.2) is 0 Å². The number of nitrogens with zero attached hydrogens (tertiary/aromatic N) is 1. The predicted octanol–water partition coefficient (Wildman–Crippen LogP) is 3.57. The lowest BCUT2D eigenvalue weighted by Gasteiger charge is -2.26. The number of ether oxygens (including phenoxy) is 1. The van der Waals surface area contributed by atoms with Crippen LogP contribution < -0.4 is 5.32 Å². The molecule has 0 saturated carbocycles. The highest BCUT2D eigenvalue weighted by molar-refractivity contribution is 9.10. The summed E-state index contributed by atoms with van der Waals surface area (Å²) in [5.41, 5.74) is 0.634. The average Bonchev–Trinajstić information content (AvgIpc) is 2.31. The molecule has 1 N–H and O–H groups in total. The highest BCUT2D eigenvalue weighted by atomic mass is 79.9. The van der Waals surface area contributed by atoms with Crippen molar-refractivity contribution in [3.63, 3.8) is 0 Å². The first kappa shape index (κ1) is 14.0. The fourth-order valence-electron chi connectivity index (χ4n) is 1.45. The summed E-state index contributed by atoms with van der Waals surface area (Å²) in [6, 6.07) is 9.76. The first-order valence-corrected chi connectivity index (χ1v) is 6.23. The van der Waals surface area contributed by atoms with Gasteiger partial charge in [0.1, 0.15) is 6.04 Å². The van der Waals surface area contributed by atoms with Crippen LogP contribution in [0, 0.1) is 11.3 Å². The molecule has 0 amide bonds. The molecule has 1 atom stereocenters. The van der Waals surface area contributed by atoms with Crippen LogP contribution in [0.15, 0.2) is 28.7 Å². The van der Waals surface area contributed by atoms with E-state index >= 15 is 0 Å². The van der Waals surface area contributed by atoms with E-state index in [1.54, 1.807) is 7.11 Å². The molecule has 0 fully saturated rings. The van der Waals surface area contributed by atoms with E-state index in [1.807, 2.05) is 38.1 Å². The number of nitriles is 1. The Kier molecular flexibility index (Phi) is 4.98. The van der Waals surface area contributed by atoms with E-state index in [0.29, 0.717) is 6.42 Å². The summed E-state index contributed by atoms with van der Waals surface area (Å²) in [7, 11) is 1.66. The number of benzene rings is 1. The molecule has 4 heteroatoms. The van der Waals surface area contributed by atoms with E-state index in [4.69, 9.17) is 10.00 Å². The summed E-state index contributed by atoms with van der Waals surface area (Å²) < 4.78 is 6.35. The van der Waals surface area contributed by atoms with E-state index in [0.717, 1.165) is 10.2 Å². The van der Waals surface area contributed by atoms with Crippen LogP contribution in [-0.2, 0) is 4.74 Å². The molecule has 0 radical (unpaired) electrons. The highest BCUT2D eigenvalue weighted by Crippen LogP contribution is 2.20. The molecule has 0 aliphatic carbocycles. The molecule has 0 aliphatic rings. The van der Waals surface area contributed by atoms with E-state index in [2.05, 4.69) is 27.3 Å². The first-order chi connectivity index (χ1) is 7.96. The lowest BCUT2D eigenvalue weighted by molar-refractivity contribution is 0.0148. The molecule has 1 aromatic rings. The van der Waals surface area contributed by atoms with Crippen molar-refractivity contribution in [2.75, 3.05) is 12.4 Å². The Morgan fingerprint density at radius 3 is 2.47 bits per heavy atom. The molecule has 3 nitrogen and oxygen atoms in total. The molecule has 0 heterocycles. The number of methoxy groups -OCH3 is 1. The largest absolute Gasteiger partial charge is 0.379 e. The molecule has 0 bridgehead atoms. The van der Waals surface area contributed by atoms with Gasteiger partial charge in [-0.2, -0.15) is 5.26 Å². The van der Waals surface area contributed by atoms with E-state index in [1.165, 1.54) is 0 Å². The lowest BCUT2D eigenvalue weighted by Crippen LogP contribution is -2.32. The molecule has 1 aromatic carbocycles. The summed E-state index contributed by atoms with van der Waals surface area (Å²) in [6.45, 7) is 3.95. The second-order valence-corrected chi connectivity index (χ2v) is 5.42. The van der Waals surface area contributed by atoms with Crippen molar-refractivity contribution in [3.05, 3.63) is 28.7 Å². The maximum atomic E-state index is 9.12. The molecular weight excluding hydrogens is 280 g/mol. The van der Waals surface area contributed by atoms with Gasteiger partial charge in [0, 0.05) is 23.7 Å². The zero-order valence-electron chi connectivity index (χ0n) is 10.3. The number of halogens is 1. The van der Waals surface area contributed by atoms with Crippen molar-refractivity contribution in [1.29, 1.82) is 5.26 Å². The van der Waals surface area contributed by atoms with Crippen molar-refractivity contribution in [2.24, 2.45) is 0 Å². The monoisotopic (exact) mass is 296 g/mol. The van der Waals surface area contributed by atoms with Crippen LogP contribution in [0.1, 0.15) is 20.3 Å². The van der Waals surface area contributed by atoms with Crippen molar-refractivity contribution in [2.45, 2.75) is 31.9 Å². The smallest absolute Gasteiger partial charge is 0.117 e. The Morgan fingerprint density at radius 2 is 2.00 bits per heavy atom. The van der Waals surface area contributed by atoms with Crippen molar-refractivity contribution in [1.82, 2.24) is 0 Å². The fraction of sp³-hybridized carbons (Fsp3) is 0.462. The second-order valence-electron chi connectivity index (χ2n) is 4.50. The van der Waals surface area contributed by atoms with Gasteiger partial charge in [-0.05, 0) is 38.1 Å². The maximum absolute atomic E-state index is 9.12. The Morgan fingerprint density at radius 1 is 1.41 bits per heavy atom. The van der Waals surface area contributed by atoms with Gasteiger partial charge < -0.3 is 10.1 Å². The summed E-state index contributed by atoms with van der Waals surface area (Å²) >= 11 is 3.38. The third-order valence-corrected chi connectivity index (χ3v) is 3.12. The standard InChI is InChI=1S/C13H17BrN2O/c1-13(2,17-3)8-12(9-15)16-11-6-4-10(14)5-7-11/h4-7,12,16H,8H2,1-3H3. The van der Waals surface area contributed by atoms with Crippen molar-refractivity contribution in [3.8, 4) is 6.07 Å². The minimum absolute atomic E-state index is 0.258. The molecule has 0 aliphatic heterocycles. The summed E-state index contributed by atoms with van der Waals surface area (Å²) in [6.07, 6.45) is 0.635. The predicted molar refractivity (Wildman–Crippen MR) is 72.9 cm³/mol. The third-order valence-electron chi connectivity index (χ3n) is 2.59. The zero-order valence-corrected chi connectivity index (χ0v) is 11.9. The van der Waals surface area contributed by atoms with Crippen LogP contribution in [0.4, 0.5) is 5.69 Å². The quantitative estimate of drug-likeness (QED) is 0.903. The molecule has 92 valence electrons. The van der Waals surface area contributed by atoms with Gasteiger partial charge in [-0.1, -0.05) is 15.9 Å². The molecule has 0 saturated heterocycles. The number of rotatable bonds is 5. The summed E-state index contributed by atoms with van der Waals surface area (Å²) in [4.78, 5) is 0. The number of nitrogens with one attached hydrogen (secondary N) is 1.